The van der Waals surface area contributed by atoms with Crippen molar-refractivity contribution in [3.8, 4) is 0 Å². The minimum atomic E-state index is -0.457. The molecule has 1 aliphatic heterocycles. The van der Waals surface area contributed by atoms with E-state index in [1.54, 1.807) is 12.3 Å². The maximum atomic E-state index is 10.6. The third-order valence-electron chi connectivity index (χ3n) is 3.19. The number of hydrogen-bond donors (Lipinski definition) is 0. The van der Waals surface area contributed by atoms with E-state index in [-0.39, 0.29) is 11.8 Å². The lowest BCUT2D eigenvalue weighted by molar-refractivity contribution is -0.385. The van der Waals surface area contributed by atoms with Gasteiger partial charge in [0.15, 0.2) is 0 Å². The smallest absolute Gasteiger partial charge is 0.287 e. The van der Waals surface area contributed by atoms with Crippen LogP contribution in [0.2, 0.25) is 0 Å². The SMILES string of the molecule is O=[N+]([O-])c1ccc(N2CCOC(c3ccco3)C2)nc1. The molecule has 1 saturated heterocycles. The summed E-state index contributed by atoms with van der Waals surface area (Å²) in [5, 5.41) is 10.6. The molecule has 20 heavy (non-hydrogen) atoms. The largest absolute Gasteiger partial charge is 0.467 e. The number of nitro groups is 1. The van der Waals surface area contributed by atoms with Gasteiger partial charge in [-0.15, -0.1) is 0 Å². The summed E-state index contributed by atoms with van der Waals surface area (Å²) < 4.78 is 11.0. The lowest BCUT2D eigenvalue weighted by atomic mass is 10.2. The topological polar surface area (TPSA) is 81.6 Å². The molecular weight excluding hydrogens is 262 g/mol. The molecule has 0 spiro atoms. The summed E-state index contributed by atoms with van der Waals surface area (Å²) in [7, 11) is 0. The molecule has 0 radical (unpaired) electrons. The van der Waals surface area contributed by atoms with Gasteiger partial charge in [-0.05, 0) is 18.2 Å². The minimum absolute atomic E-state index is 0.00964. The van der Waals surface area contributed by atoms with Crippen LogP contribution in [0.25, 0.3) is 0 Å². The van der Waals surface area contributed by atoms with Crippen molar-refractivity contribution in [1.29, 1.82) is 0 Å². The highest BCUT2D eigenvalue weighted by Crippen LogP contribution is 2.25. The van der Waals surface area contributed by atoms with Crippen molar-refractivity contribution in [2.45, 2.75) is 6.10 Å². The van der Waals surface area contributed by atoms with Crippen LogP contribution in [0, 0.1) is 10.1 Å². The zero-order valence-corrected chi connectivity index (χ0v) is 10.6. The highest BCUT2D eigenvalue weighted by Gasteiger charge is 2.25. The van der Waals surface area contributed by atoms with Crippen LogP contribution < -0.4 is 4.90 Å². The molecule has 0 aliphatic carbocycles. The monoisotopic (exact) mass is 275 g/mol. The fourth-order valence-corrected chi connectivity index (χ4v) is 2.18. The summed E-state index contributed by atoms with van der Waals surface area (Å²) in [6.45, 7) is 1.87. The first-order valence-electron chi connectivity index (χ1n) is 6.24. The van der Waals surface area contributed by atoms with Gasteiger partial charge in [-0.2, -0.15) is 0 Å². The number of ether oxygens (including phenoxy) is 1. The predicted octanol–water partition coefficient (Wildman–Crippen LogP) is 2.16. The molecule has 104 valence electrons. The first-order chi connectivity index (χ1) is 9.74. The number of aromatic nitrogens is 1. The van der Waals surface area contributed by atoms with Gasteiger partial charge in [0.25, 0.3) is 5.69 Å². The van der Waals surface area contributed by atoms with Crippen molar-refractivity contribution in [2.24, 2.45) is 0 Å². The van der Waals surface area contributed by atoms with Crippen LogP contribution in [0.1, 0.15) is 11.9 Å². The van der Waals surface area contributed by atoms with E-state index in [1.165, 1.54) is 12.3 Å². The Kier molecular flexibility index (Phi) is 3.34. The molecule has 2 aromatic heterocycles. The Morgan fingerprint density at radius 3 is 2.95 bits per heavy atom. The fourth-order valence-electron chi connectivity index (χ4n) is 2.18. The maximum absolute atomic E-state index is 10.6. The molecule has 1 aliphatic rings. The molecule has 0 saturated carbocycles. The molecule has 1 atom stereocenters. The lowest BCUT2D eigenvalue weighted by Gasteiger charge is -2.32. The van der Waals surface area contributed by atoms with Crippen molar-refractivity contribution in [3.63, 3.8) is 0 Å². The molecule has 3 heterocycles. The van der Waals surface area contributed by atoms with Crippen LogP contribution in [0.5, 0.6) is 0 Å². The Morgan fingerprint density at radius 1 is 1.40 bits per heavy atom. The highest BCUT2D eigenvalue weighted by atomic mass is 16.6. The van der Waals surface area contributed by atoms with Crippen LogP contribution >= 0.6 is 0 Å². The molecule has 3 rings (SSSR count). The Balaban J connectivity index is 1.75. The third kappa shape index (κ3) is 2.48. The Bertz CT molecular complexity index is 582. The first-order valence-corrected chi connectivity index (χ1v) is 6.24. The average molecular weight is 275 g/mol. The summed E-state index contributed by atoms with van der Waals surface area (Å²) >= 11 is 0. The number of morpholine rings is 1. The van der Waals surface area contributed by atoms with Crippen LogP contribution in [0.3, 0.4) is 0 Å². The molecule has 1 unspecified atom stereocenters. The Morgan fingerprint density at radius 2 is 2.30 bits per heavy atom. The number of nitrogens with zero attached hydrogens (tertiary/aromatic N) is 3. The van der Waals surface area contributed by atoms with Crippen molar-refractivity contribution in [2.75, 3.05) is 24.6 Å². The van der Waals surface area contributed by atoms with Gasteiger partial charge in [-0.1, -0.05) is 0 Å². The number of hydrogen-bond acceptors (Lipinski definition) is 6. The Labute approximate surface area is 114 Å². The van der Waals surface area contributed by atoms with Gasteiger partial charge in [0.05, 0.1) is 24.3 Å². The number of furan rings is 1. The molecular formula is C13H13N3O4. The average Bonchev–Trinajstić information content (AvgIpc) is 3.02. The summed E-state index contributed by atoms with van der Waals surface area (Å²) in [4.78, 5) is 16.3. The van der Waals surface area contributed by atoms with E-state index in [2.05, 4.69) is 4.98 Å². The normalized spacial score (nSPS) is 19.0. The van der Waals surface area contributed by atoms with Crippen molar-refractivity contribution < 1.29 is 14.1 Å². The molecule has 1 fully saturated rings. The van der Waals surface area contributed by atoms with E-state index in [0.29, 0.717) is 25.5 Å². The molecule has 7 nitrogen and oxygen atoms in total. The standard InChI is InChI=1S/C13H13N3O4/c17-16(18)10-3-4-13(14-8-10)15-5-7-20-12(9-15)11-2-1-6-19-11/h1-4,6,8,12H,5,7,9H2. The lowest BCUT2D eigenvalue weighted by Crippen LogP contribution is -2.38. The van der Waals surface area contributed by atoms with Gasteiger partial charge < -0.3 is 14.1 Å². The van der Waals surface area contributed by atoms with E-state index in [4.69, 9.17) is 9.15 Å². The zero-order chi connectivity index (χ0) is 13.9. The molecule has 2 aromatic rings. The molecule has 0 amide bonds. The van der Waals surface area contributed by atoms with Gasteiger partial charge in [-0.25, -0.2) is 4.98 Å². The fraction of sp³-hybridized carbons (Fsp3) is 0.308. The zero-order valence-electron chi connectivity index (χ0n) is 10.6. The summed E-state index contributed by atoms with van der Waals surface area (Å²) in [5.74, 6) is 1.48. The van der Waals surface area contributed by atoms with Crippen LogP contribution in [0.15, 0.2) is 41.1 Å². The third-order valence-corrected chi connectivity index (χ3v) is 3.19. The quantitative estimate of drug-likeness (QED) is 0.630. The minimum Gasteiger partial charge on any atom is -0.467 e. The van der Waals surface area contributed by atoms with Gasteiger partial charge in [-0.3, -0.25) is 10.1 Å². The first kappa shape index (κ1) is 12.6. The van der Waals surface area contributed by atoms with Crippen LogP contribution in [-0.2, 0) is 4.74 Å². The van der Waals surface area contributed by atoms with Crippen molar-refractivity contribution in [1.82, 2.24) is 4.98 Å². The van der Waals surface area contributed by atoms with E-state index in [0.717, 1.165) is 5.76 Å². The van der Waals surface area contributed by atoms with Crippen LogP contribution in [0.4, 0.5) is 11.5 Å². The van der Waals surface area contributed by atoms with E-state index in [1.807, 2.05) is 17.0 Å². The van der Waals surface area contributed by atoms with E-state index < -0.39 is 4.92 Å². The highest BCUT2D eigenvalue weighted by molar-refractivity contribution is 5.43. The second-order valence-electron chi connectivity index (χ2n) is 4.45. The Hall–Kier alpha value is -2.41. The number of rotatable bonds is 3. The van der Waals surface area contributed by atoms with Crippen LogP contribution in [-0.4, -0.2) is 29.6 Å². The van der Waals surface area contributed by atoms with Gasteiger partial charge in [0.1, 0.15) is 23.9 Å². The summed E-state index contributed by atoms with van der Waals surface area (Å²) in [6, 6.07) is 6.81. The van der Waals surface area contributed by atoms with E-state index >= 15 is 0 Å². The second kappa shape index (κ2) is 5.30. The number of pyridine rings is 1. The molecule has 7 heteroatoms. The van der Waals surface area contributed by atoms with Crippen molar-refractivity contribution >= 4 is 11.5 Å². The van der Waals surface area contributed by atoms with Gasteiger partial charge in [0, 0.05) is 12.6 Å². The second-order valence-corrected chi connectivity index (χ2v) is 4.45. The molecule has 0 aromatic carbocycles. The summed E-state index contributed by atoms with van der Waals surface area (Å²) in [5.41, 5.74) is -0.00964. The van der Waals surface area contributed by atoms with Gasteiger partial charge in [0.2, 0.25) is 0 Å². The molecule has 0 N–H and O–H groups in total. The van der Waals surface area contributed by atoms with Gasteiger partial charge >= 0.3 is 0 Å². The van der Waals surface area contributed by atoms with E-state index in [9.17, 15) is 10.1 Å². The maximum Gasteiger partial charge on any atom is 0.287 e. The predicted molar refractivity (Wildman–Crippen MR) is 70.5 cm³/mol. The molecule has 0 bridgehead atoms. The van der Waals surface area contributed by atoms with Crippen molar-refractivity contribution in [3.05, 3.63) is 52.6 Å². The number of anilines is 1. The summed E-state index contributed by atoms with van der Waals surface area (Å²) in [6.07, 6.45) is 2.74.